The smallest absolute Gasteiger partial charge is 0.252 e. The fourth-order valence-corrected chi connectivity index (χ4v) is 2.96. The van der Waals surface area contributed by atoms with Gasteiger partial charge in [-0.25, -0.2) is 9.67 Å². The number of hydrogen-bond acceptors (Lipinski definition) is 4. The van der Waals surface area contributed by atoms with Crippen LogP contribution >= 0.6 is 0 Å². The second-order valence-electron chi connectivity index (χ2n) is 7.20. The quantitative estimate of drug-likeness (QED) is 0.714. The molecule has 142 valence electrons. The van der Waals surface area contributed by atoms with Crippen LogP contribution in [0.5, 0.6) is 5.75 Å². The van der Waals surface area contributed by atoms with Crippen LogP contribution in [-0.2, 0) is 6.54 Å². The van der Waals surface area contributed by atoms with Gasteiger partial charge in [0, 0.05) is 18.3 Å². The number of carbonyl (C=O) groups excluding carboxylic acids is 1. The van der Waals surface area contributed by atoms with Gasteiger partial charge in [-0.2, -0.15) is 5.10 Å². The Labute approximate surface area is 159 Å². The third kappa shape index (κ3) is 3.94. The number of nitrogens with one attached hydrogen (secondary N) is 1. The third-order valence-electron chi connectivity index (χ3n) is 4.50. The van der Waals surface area contributed by atoms with Gasteiger partial charge in [-0.05, 0) is 43.5 Å². The fourth-order valence-electron chi connectivity index (χ4n) is 2.96. The van der Waals surface area contributed by atoms with E-state index in [1.165, 1.54) is 0 Å². The Morgan fingerprint density at radius 2 is 2.00 bits per heavy atom. The zero-order valence-corrected chi connectivity index (χ0v) is 16.5. The van der Waals surface area contributed by atoms with E-state index in [4.69, 9.17) is 9.72 Å². The van der Waals surface area contributed by atoms with Crippen molar-refractivity contribution in [2.75, 3.05) is 7.11 Å². The second-order valence-corrected chi connectivity index (χ2v) is 7.20. The molecule has 0 saturated heterocycles. The zero-order chi connectivity index (χ0) is 19.6. The fraction of sp³-hybridized carbons (Fsp3) is 0.381. The summed E-state index contributed by atoms with van der Waals surface area (Å²) in [6.45, 7) is 8.68. The number of rotatable bonds is 6. The van der Waals surface area contributed by atoms with E-state index in [0.717, 1.165) is 28.0 Å². The van der Waals surface area contributed by atoms with Crippen LogP contribution in [0.1, 0.15) is 61.3 Å². The Hall–Kier alpha value is -2.89. The largest absolute Gasteiger partial charge is 0.497 e. The molecule has 3 aromatic rings. The summed E-state index contributed by atoms with van der Waals surface area (Å²) in [7, 11) is 1.63. The first-order valence-electron chi connectivity index (χ1n) is 9.20. The van der Waals surface area contributed by atoms with Gasteiger partial charge in [0.15, 0.2) is 5.65 Å². The summed E-state index contributed by atoms with van der Waals surface area (Å²) < 4.78 is 7.10. The van der Waals surface area contributed by atoms with Gasteiger partial charge in [0.25, 0.3) is 5.91 Å². The molecule has 3 rings (SSSR count). The number of amides is 1. The van der Waals surface area contributed by atoms with Gasteiger partial charge < -0.3 is 10.1 Å². The maximum atomic E-state index is 12.9. The molecule has 0 aliphatic heterocycles. The highest BCUT2D eigenvalue weighted by Crippen LogP contribution is 2.24. The predicted octanol–water partition coefficient (Wildman–Crippen LogP) is 4.07. The minimum Gasteiger partial charge on any atom is -0.497 e. The van der Waals surface area contributed by atoms with Gasteiger partial charge in [-0.15, -0.1) is 0 Å². The van der Waals surface area contributed by atoms with Crippen molar-refractivity contribution in [3.63, 3.8) is 0 Å². The number of aromatic nitrogens is 3. The van der Waals surface area contributed by atoms with Crippen molar-refractivity contribution in [2.24, 2.45) is 0 Å². The number of hydrogen-bond donors (Lipinski definition) is 1. The number of benzene rings is 1. The van der Waals surface area contributed by atoms with Crippen LogP contribution in [-0.4, -0.2) is 27.8 Å². The maximum absolute atomic E-state index is 12.9. The van der Waals surface area contributed by atoms with E-state index in [0.29, 0.717) is 12.1 Å². The van der Waals surface area contributed by atoms with Crippen LogP contribution in [0.3, 0.4) is 0 Å². The summed E-state index contributed by atoms with van der Waals surface area (Å²) in [6, 6.07) is 9.71. The topological polar surface area (TPSA) is 69.0 Å². The highest BCUT2D eigenvalue weighted by Gasteiger charge is 2.18. The molecular formula is C21H26N4O2. The summed E-state index contributed by atoms with van der Waals surface area (Å²) in [4.78, 5) is 17.7. The van der Waals surface area contributed by atoms with Gasteiger partial charge in [-0.1, -0.05) is 26.0 Å². The lowest BCUT2D eigenvalue weighted by atomic mass is 10.0. The Morgan fingerprint density at radius 3 is 2.67 bits per heavy atom. The molecule has 1 aromatic carbocycles. The third-order valence-corrected chi connectivity index (χ3v) is 4.50. The van der Waals surface area contributed by atoms with Crippen LogP contribution in [0.2, 0.25) is 0 Å². The molecule has 0 saturated carbocycles. The van der Waals surface area contributed by atoms with E-state index in [2.05, 4.69) is 38.1 Å². The van der Waals surface area contributed by atoms with Crippen LogP contribution in [0, 0.1) is 0 Å². The maximum Gasteiger partial charge on any atom is 0.252 e. The molecule has 1 amide bonds. The summed E-state index contributed by atoms with van der Waals surface area (Å²) >= 11 is 0. The Bertz CT molecular complexity index is 960. The van der Waals surface area contributed by atoms with E-state index < -0.39 is 0 Å². The lowest BCUT2D eigenvalue weighted by Gasteiger charge is -2.12. The molecule has 0 spiro atoms. The van der Waals surface area contributed by atoms with Gasteiger partial charge in [-0.3, -0.25) is 4.79 Å². The summed E-state index contributed by atoms with van der Waals surface area (Å²) in [5, 5.41) is 8.22. The van der Waals surface area contributed by atoms with Crippen molar-refractivity contribution in [2.45, 2.75) is 46.2 Å². The van der Waals surface area contributed by atoms with Crippen molar-refractivity contribution in [3.8, 4) is 5.75 Å². The molecule has 2 heterocycles. The minimum atomic E-state index is -0.129. The van der Waals surface area contributed by atoms with Crippen molar-refractivity contribution in [1.82, 2.24) is 20.1 Å². The van der Waals surface area contributed by atoms with Gasteiger partial charge in [0.2, 0.25) is 0 Å². The molecule has 0 fully saturated rings. The molecule has 27 heavy (non-hydrogen) atoms. The normalized spacial score (nSPS) is 11.4. The molecule has 6 nitrogen and oxygen atoms in total. The number of fused-ring (bicyclic) bond motifs is 1. The monoisotopic (exact) mass is 366 g/mol. The predicted molar refractivity (Wildman–Crippen MR) is 106 cm³/mol. The Kier molecular flexibility index (Phi) is 5.44. The Morgan fingerprint density at radius 1 is 1.22 bits per heavy atom. The number of methoxy groups -OCH3 is 1. The van der Waals surface area contributed by atoms with Gasteiger partial charge in [0.05, 0.1) is 24.3 Å². The minimum absolute atomic E-state index is 0.129. The van der Waals surface area contributed by atoms with Gasteiger partial charge in [0.1, 0.15) is 5.75 Å². The average Bonchev–Trinajstić information content (AvgIpc) is 3.09. The number of carbonyl (C=O) groups is 1. The van der Waals surface area contributed by atoms with Crippen molar-refractivity contribution >= 4 is 16.9 Å². The first-order chi connectivity index (χ1) is 12.9. The number of pyridine rings is 1. The summed E-state index contributed by atoms with van der Waals surface area (Å²) in [5.74, 6) is 0.860. The molecule has 0 bridgehead atoms. The molecule has 0 atom stereocenters. The summed E-state index contributed by atoms with van der Waals surface area (Å²) in [6.07, 6.45) is 1.73. The SMILES string of the molecule is COc1cccc(CNC(=O)c2cc(C(C)C)nc3c2cnn3C(C)C)c1. The lowest BCUT2D eigenvalue weighted by molar-refractivity contribution is 0.0952. The lowest BCUT2D eigenvalue weighted by Crippen LogP contribution is -2.23. The average molecular weight is 366 g/mol. The van der Waals surface area contributed by atoms with Crippen LogP contribution in [0.15, 0.2) is 36.5 Å². The highest BCUT2D eigenvalue weighted by molar-refractivity contribution is 6.05. The van der Waals surface area contributed by atoms with Crippen molar-refractivity contribution in [3.05, 3.63) is 53.3 Å². The molecule has 2 aromatic heterocycles. The number of ether oxygens (including phenoxy) is 1. The van der Waals surface area contributed by atoms with E-state index in [1.807, 2.05) is 35.0 Å². The number of nitrogens with zero attached hydrogens (tertiary/aromatic N) is 3. The standard InChI is InChI=1S/C21H26N4O2/c1-13(2)19-10-17(18-12-23-25(14(3)4)20(18)24-19)21(26)22-11-15-7-6-8-16(9-15)27-5/h6-10,12-14H,11H2,1-5H3,(H,22,26). The van der Waals surface area contributed by atoms with Crippen LogP contribution in [0.4, 0.5) is 0 Å². The summed E-state index contributed by atoms with van der Waals surface area (Å²) in [5.41, 5.74) is 3.23. The van der Waals surface area contributed by atoms with Gasteiger partial charge >= 0.3 is 0 Å². The van der Waals surface area contributed by atoms with Crippen molar-refractivity contribution in [1.29, 1.82) is 0 Å². The van der Waals surface area contributed by atoms with E-state index in [9.17, 15) is 4.79 Å². The molecular weight excluding hydrogens is 340 g/mol. The van der Waals surface area contributed by atoms with Crippen LogP contribution in [0.25, 0.3) is 11.0 Å². The molecule has 6 heteroatoms. The van der Waals surface area contributed by atoms with Crippen molar-refractivity contribution < 1.29 is 9.53 Å². The van der Waals surface area contributed by atoms with E-state index in [1.54, 1.807) is 13.3 Å². The first-order valence-corrected chi connectivity index (χ1v) is 9.20. The molecule has 0 unspecified atom stereocenters. The molecule has 1 N–H and O–H groups in total. The van der Waals surface area contributed by atoms with E-state index in [-0.39, 0.29) is 17.9 Å². The van der Waals surface area contributed by atoms with E-state index >= 15 is 0 Å². The highest BCUT2D eigenvalue weighted by atomic mass is 16.5. The second kappa shape index (κ2) is 7.78. The first kappa shape index (κ1) is 18.9. The molecule has 0 aliphatic rings. The van der Waals surface area contributed by atoms with Crippen LogP contribution < -0.4 is 10.1 Å². The zero-order valence-electron chi connectivity index (χ0n) is 16.5. The molecule has 0 radical (unpaired) electrons. The molecule has 0 aliphatic carbocycles. The Balaban J connectivity index is 1.93.